The Morgan fingerprint density at radius 1 is 1.30 bits per heavy atom. The molecule has 2 rings (SSSR count). The molecule has 2 fully saturated rings. The van der Waals surface area contributed by atoms with E-state index >= 15 is 0 Å². The minimum absolute atomic E-state index is 0.160. The second kappa shape index (κ2) is 2.00. The SMILES string of the molecule is C#CC1OC12CCCCC2. The predicted octanol–water partition coefficient (Wildman–Crippen LogP) is 1.72. The first-order valence-corrected chi connectivity index (χ1v) is 4.01. The normalized spacial score (nSPS) is 35.3. The molecule has 0 aromatic carbocycles. The van der Waals surface area contributed by atoms with Crippen LogP contribution in [0, 0.1) is 12.3 Å². The van der Waals surface area contributed by atoms with Gasteiger partial charge in [-0.1, -0.05) is 25.2 Å². The zero-order valence-electron chi connectivity index (χ0n) is 6.10. The van der Waals surface area contributed by atoms with Gasteiger partial charge in [-0.25, -0.2) is 0 Å². The molecule has 1 heteroatoms. The molecule has 1 atom stereocenters. The molecule has 0 aromatic heterocycles. The minimum atomic E-state index is 0.160. The molecule has 1 aliphatic heterocycles. The van der Waals surface area contributed by atoms with Crippen LogP contribution in [0.4, 0.5) is 0 Å². The molecule has 54 valence electrons. The molecule has 1 aliphatic carbocycles. The minimum Gasteiger partial charge on any atom is -0.352 e. The molecular formula is C9H12O. The van der Waals surface area contributed by atoms with E-state index in [1.165, 1.54) is 32.1 Å². The first-order chi connectivity index (χ1) is 4.87. The molecule has 0 amide bonds. The maximum absolute atomic E-state index is 5.46. The van der Waals surface area contributed by atoms with Crippen molar-refractivity contribution < 1.29 is 4.74 Å². The van der Waals surface area contributed by atoms with Crippen LogP contribution in [0.5, 0.6) is 0 Å². The summed E-state index contributed by atoms with van der Waals surface area (Å²) >= 11 is 0. The van der Waals surface area contributed by atoms with Crippen LogP contribution in [0.25, 0.3) is 0 Å². The summed E-state index contributed by atoms with van der Waals surface area (Å²) in [6, 6.07) is 0. The van der Waals surface area contributed by atoms with E-state index in [1.54, 1.807) is 0 Å². The number of epoxide rings is 1. The van der Waals surface area contributed by atoms with Crippen molar-refractivity contribution in [2.45, 2.75) is 43.8 Å². The van der Waals surface area contributed by atoms with Crippen LogP contribution in [0.3, 0.4) is 0 Å². The average Bonchev–Trinajstić information content (AvgIpc) is 2.65. The quantitative estimate of drug-likeness (QED) is 0.365. The van der Waals surface area contributed by atoms with Crippen LogP contribution in [0.1, 0.15) is 32.1 Å². The van der Waals surface area contributed by atoms with E-state index in [2.05, 4.69) is 5.92 Å². The molecule has 1 nitrogen and oxygen atoms in total. The first-order valence-electron chi connectivity index (χ1n) is 4.01. The molecule has 1 saturated carbocycles. The highest BCUT2D eigenvalue weighted by atomic mass is 16.6. The number of terminal acetylenes is 1. The van der Waals surface area contributed by atoms with Crippen molar-refractivity contribution in [2.75, 3.05) is 0 Å². The van der Waals surface area contributed by atoms with Gasteiger partial charge in [-0.15, -0.1) is 6.42 Å². The van der Waals surface area contributed by atoms with Gasteiger partial charge in [0.25, 0.3) is 0 Å². The van der Waals surface area contributed by atoms with E-state index in [0.29, 0.717) is 0 Å². The second-order valence-corrected chi connectivity index (χ2v) is 3.29. The Labute approximate surface area is 61.8 Å². The van der Waals surface area contributed by atoms with Gasteiger partial charge in [-0.2, -0.15) is 0 Å². The van der Waals surface area contributed by atoms with Crippen molar-refractivity contribution in [1.29, 1.82) is 0 Å². The monoisotopic (exact) mass is 136 g/mol. The summed E-state index contributed by atoms with van der Waals surface area (Å²) in [6.45, 7) is 0. The van der Waals surface area contributed by atoms with Gasteiger partial charge in [0.05, 0.1) is 0 Å². The zero-order valence-corrected chi connectivity index (χ0v) is 6.10. The third-order valence-electron chi connectivity index (χ3n) is 2.62. The van der Waals surface area contributed by atoms with Crippen LogP contribution in [-0.2, 0) is 4.74 Å². The number of ether oxygens (including phenoxy) is 1. The van der Waals surface area contributed by atoms with Gasteiger partial charge < -0.3 is 4.74 Å². The molecule has 1 spiro atoms. The maximum atomic E-state index is 5.46. The fourth-order valence-electron chi connectivity index (χ4n) is 1.92. The van der Waals surface area contributed by atoms with E-state index in [-0.39, 0.29) is 11.7 Å². The lowest BCUT2D eigenvalue weighted by Gasteiger charge is -2.16. The summed E-state index contributed by atoms with van der Waals surface area (Å²) in [5.41, 5.74) is 0.160. The highest BCUT2D eigenvalue weighted by Crippen LogP contribution is 2.47. The third kappa shape index (κ3) is 0.759. The Kier molecular flexibility index (Phi) is 1.25. The molecule has 0 bridgehead atoms. The topological polar surface area (TPSA) is 12.5 Å². The van der Waals surface area contributed by atoms with Crippen molar-refractivity contribution in [2.24, 2.45) is 0 Å². The Hall–Kier alpha value is -0.480. The fourth-order valence-corrected chi connectivity index (χ4v) is 1.92. The van der Waals surface area contributed by atoms with Gasteiger partial charge >= 0.3 is 0 Å². The standard InChI is InChI=1S/C9H12O/c1-2-8-9(10-8)6-4-3-5-7-9/h1,8H,3-7H2. The van der Waals surface area contributed by atoms with Gasteiger partial charge in [0.15, 0.2) is 0 Å². The zero-order chi connectivity index (χ0) is 7.03. The summed E-state index contributed by atoms with van der Waals surface area (Å²) in [5.74, 6) is 2.68. The van der Waals surface area contributed by atoms with E-state index in [0.717, 1.165) is 0 Å². The smallest absolute Gasteiger partial charge is 0.147 e. The summed E-state index contributed by atoms with van der Waals surface area (Å²) in [4.78, 5) is 0. The first kappa shape index (κ1) is 6.24. The third-order valence-corrected chi connectivity index (χ3v) is 2.62. The van der Waals surface area contributed by atoms with Crippen LogP contribution in [0.2, 0.25) is 0 Å². The summed E-state index contributed by atoms with van der Waals surface area (Å²) < 4.78 is 5.46. The number of hydrogen-bond acceptors (Lipinski definition) is 1. The van der Waals surface area contributed by atoms with Crippen molar-refractivity contribution in [3.8, 4) is 12.3 Å². The molecule has 10 heavy (non-hydrogen) atoms. The fraction of sp³-hybridized carbons (Fsp3) is 0.778. The lowest BCUT2D eigenvalue weighted by Crippen LogP contribution is -2.18. The second-order valence-electron chi connectivity index (χ2n) is 3.29. The lowest BCUT2D eigenvalue weighted by atomic mass is 9.87. The molecule has 1 unspecified atom stereocenters. The summed E-state index contributed by atoms with van der Waals surface area (Å²) in [5, 5.41) is 0. The Balaban J connectivity index is 1.99. The van der Waals surface area contributed by atoms with Crippen molar-refractivity contribution in [3.63, 3.8) is 0 Å². The van der Waals surface area contributed by atoms with E-state index < -0.39 is 0 Å². The summed E-state index contributed by atoms with van der Waals surface area (Å²) in [7, 11) is 0. The molecule has 1 saturated heterocycles. The van der Waals surface area contributed by atoms with Crippen LogP contribution in [-0.4, -0.2) is 11.7 Å². The molecule has 0 N–H and O–H groups in total. The highest BCUT2D eigenvalue weighted by molar-refractivity contribution is 5.18. The van der Waals surface area contributed by atoms with Crippen LogP contribution in [0.15, 0.2) is 0 Å². The van der Waals surface area contributed by atoms with Gasteiger partial charge in [0.2, 0.25) is 0 Å². The van der Waals surface area contributed by atoms with Crippen molar-refractivity contribution >= 4 is 0 Å². The van der Waals surface area contributed by atoms with Crippen LogP contribution < -0.4 is 0 Å². The lowest BCUT2D eigenvalue weighted by molar-refractivity contribution is 0.235. The van der Waals surface area contributed by atoms with E-state index in [4.69, 9.17) is 11.2 Å². The summed E-state index contributed by atoms with van der Waals surface area (Å²) in [6.07, 6.45) is 11.8. The van der Waals surface area contributed by atoms with Gasteiger partial charge in [0, 0.05) is 0 Å². The van der Waals surface area contributed by atoms with E-state index in [9.17, 15) is 0 Å². The molecule has 0 aromatic rings. The maximum Gasteiger partial charge on any atom is 0.147 e. The van der Waals surface area contributed by atoms with Gasteiger partial charge in [0.1, 0.15) is 11.7 Å². The Morgan fingerprint density at radius 2 is 2.00 bits per heavy atom. The Morgan fingerprint density at radius 3 is 2.50 bits per heavy atom. The van der Waals surface area contributed by atoms with Crippen LogP contribution >= 0.6 is 0 Å². The average molecular weight is 136 g/mol. The van der Waals surface area contributed by atoms with Gasteiger partial charge in [-0.3, -0.25) is 0 Å². The Bertz CT molecular complexity index is 172. The number of rotatable bonds is 0. The molecule has 2 aliphatic rings. The number of hydrogen-bond donors (Lipinski definition) is 0. The molecular weight excluding hydrogens is 124 g/mol. The van der Waals surface area contributed by atoms with Gasteiger partial charge in [-0.05, 0) is 12.8 Å². The van der Waals surface area contributed by atoms with Crippen molar-refractivity contribution in [3.05, 3.63) is 0 Å². The molecule has 1 heterocycles. The van der Waals surface area contributed by atoms with Crippen molar-refractivity contribution in [1.82, 2.24) is 0 Å². The largest absolute Gasteiger partial charge is 0.352 e. The van der Waals surface area contributed by atoms with E-state index in [1.807, 2.05) is 0 Å². The highest BCUT2D eigenvalue weighted by Gasteiger charge is 2.55. The predicted molar refractivity (Wildman–Crippen MR) is 39.5 cm³/mol. The molecule has 0 radical (unpaired) electrons.